The minimum absolute atomic E-state index is 0.0944. The van der Waals surface area contributed by atoms with Crippen molar-refractivity contribution in [3.8, 4) is 0 Å². The zero-order valence-electron chi connectivity index (χ0n) is 11.9. The molecular formula is C14H24N2OS. The average Bonchev–Trinajstić information content (AvgIpc) is 2.67. The molecule has 0 aliphatic heterocycles. The van der Waals surface area contributed by atoms with Gasteiger partial charge in [0.1, 0.15) is 0 Å². The first kappa shape index (κ1) is 15.0. The van der Waals surface area contributed by atoms with Crippen LogP contribution >= 0.6 is 11.3 Å². The third kappa shape index (κ3) is 2.86. The highest BCUT2D eigenvalue weighted by molar-refractivity contribution is 7.16. The van der Waals surface area contributed by atoms with E-state index in [0.29, 0.717) is 5.00 Å². The van der Waals surface area contributed by atoms with Crippen LogP contribution in [-0.4, -0.2) is 23.9 Å². The second kappa shape index (κ2) is 6.78. The normalized spacial score (nSPS) is 10.7. The number of aryl methyl sites for hydroxylation is 1. The number of hydrogen-bond acceptors (Lipinski definition) is 3. The van der Waals surface area contributed by atoms with Crippen LogP contribution in [0.4, 0.5) is 5.00 Å². The summed E-state index contributed by atoms with van der Waals surface area (Å²) in [5.41, 5.74) is 8.01. The van der Waals surface area contributed by atoms with Gasteiger partial charge in [-0.25, -0.2) is 0 Å². The fourth-order valence-corrected chi connectivity index (χ4v) is 3.29. The topological polar surface area (TPSA) is 46.3 Å². The van der Waals surface area contributed by atoms with Gasteiger partial charge < -0.3 is 10.6 Å². The molecule has 3 nitrogen and oxygen atoms in total. The van der Waals surface area contributed by atoms with Crippen molar-refractivity contribution in [3.05, 3.63) is 16.0 Å². The zero-order chi connectivity index (χ0) is 13.7. The molecule has 0 aliphatic rings. The number of nitrogens with zero attached hydrogens (tertiary/aromatic N) is 1. The standard InChI is InChI=1S/C14H24N2OS/c1-5-9-10-11(6-2)18-13(15)12(10)14(17)16(7-3)8-4/h5-9,15H2,1-4H3. The van der Waals surface area contributed by atoms with Gasteiger partial charge in [0.25, 0.3) is 5.91 Å². The van der Waals surface area contributed by atoms with Gasteiger partial charge in [-0.3, -0.25) is 4.79 Å². The fourth-order valence-electron chi connectivity index (χ4n) is 2.24. The molecule has 0 bridgehead atoms. The third-order valence-electron chi connectivity index (χ3n) is 3.20. The summed E-state index contributed by atoms with van der Waals surface area (Å²) in [5, 5.41) is 0.687. The van der Waals surface area contributed by atoms with E-state index in [-0.39, 0.29) is 5.91 Å². The minimum Gasteiger partial charge on any atom is -0.390 e. The zero-order valence-corrected chi connectivity index (χ0v) is 12.7. The first-order valence-electron chi connectivity index (χ1n) is 6.79. The lowest BCUT2D eigenvalue weighted by Crippen LogP contribution is -2.31. The summed E-state index contributed by atoms with van der Waals surface area (Å²) in [4.78, 5) is 15.6. The van der Waals surface area contributed by atoms with Gasteiger partial charge in [-0.05, 0) is 32.3 Å². The Morgan fingerprint density at radius 1 is 1.22 bits per heavy atom. The Labute approximate surface area is 114 Å². The molecule has 0 spiro atoms. The van der Waals surface area contributed by atoms with Gasteiger partial charge in [0.05, 0.1) is 10.6 Å². The van der Waals surface area contributed by atoms with E-state index >= 15 is 0 Å². The van der Waals surface area contributed by atoms with Crippen molar-refractivity contribution in [2.45, 2.75) is 47.0 Å². The average molecular weight is 268 g/mol. The van der Waals surface area contributed by atoms with Crippen LogP contribution in [0.15, 0.2) is 0 Å². The third-order valence-corrected chi connectivity index (χ3v) is 4.41. The SMILES string of the molecule is CCCc1c(CC)sc(N)c1C(=O)N(CC)CC. The van der Waals surface area contributed by atoms with E-state index < -0.39 is 0 Å². The molecule has 18 heavy (non-hydrogen) atoms. The molecule has 1 amide bonds. The number of thiophene rings is 1. The number of rotatable bonds is 6. The first-order valence-corrected chi connectivity index (χ1v) is 7.61. The Hall–Kier alpha value is -1.03. The van der Waals surface area contributed by atoms with Crippen LogP contribution < -0.4 is 5.73 Å². The Kier molecular flexibility index (Phi) is 5.66. The number of nitrogens with two attached hydrogens (primary N) is 1. The molecule has 1 rings (SSSR count). The Morgan fingerprint density at radius 3 is 2.28 bits per heavy atom. The quantitative estimate of drug-likeness (QED) is 0.860. The molecule has 2 N–H and O–H groups in total. The van der Waals surface area contributed by atoms with Gasteiger partial charge >= 0.3 is 0 Å². The van der Waals surface area contributed by atoms with Crippen LogP contribution in [0.3, 0.4) is 0 Å². The maximum Gasteiger partial charge on any atom is 0.257 e. The monoisotopic (exact) mass is 268 g/mol. The smallest absolute Gasteiger partial charge is 0.257 e. The lowest BCUT2D eigenvalue weighted by atomic mass is 10.0. The molecule has 0 fully saturated rings. The van der Waals surface area contributed by atoms with Gasteiger partial charge in [0.15, 0.2) is 0 Å². The number of nitrogen functional groups attached to an aromatic ring is 1. The maximum absolute atomic E-state index is 12.5. The number of carbonyl (C=O) groups is 1. The van der Waals surface area contributed by atoms with Crippen molar-refractivity contribution in [1.29, 1.82) is 0 Å². The minimum atomic E-state index is 0.0944. The molecule has 0 aromatic carbocycles. The lowest BCUT2D eigenvalue weighted by molar-refractivity contribution is 0.0773. The summed E-state index contributed by atoms with van der Waals surface area (Å²) < 4.78 is 0. The second-order valence-corrected chi connectivity index (χ2v) is 5.46. The molecule has 1 aromatic heterocycles. The highest BCUT2D eigenvalue weighted by Gasteiger charge is 2.23. The summed E-state index contributed by atoms with van der Waals surface area (Å²) >= 11 is 1.58. The molecule has 0 unspecified atom stereocenters. The van der Waals surface area contributed by atoms with Gasteiger partial charge in [0, 0.05) is 18.0 Å². The molecule has 0 atom stereocenters. The Bertz CT molecular complexity index is 408. The van der Waals surface area contributed by atoms with Crippen molar-refractivity contribution < 1.29 is 4.79 Å². The highest BCUT2D eigenvalue weighted by Crippen LogP contribution is 2.33. The van der Waals surface area contributed by atoms with Crippen LogP contribution in [-0.2, 0) is 12.8 Å². The van der Waals surface area contributed by atoms with Crippen molar-refractivity contribution >= 4 is 22.2 Å². The molecule has 0 radical (unpaired) electrons. The van der Waals surface area contributed by atoms with Gasteiger partial charge in [-0.1, -0.05) is 20.3 Å². The number of carbonyl (C=O) groups excluding carboxylic acids is 1. The molecule has 102 valence electrons. The van der Waals surface area contributed by atoms with Crippen LogP contribution in [0, 0.1) is 0 Å². The fraction of sp³-hybridized carbons (Fsp3) is 0.643. The van der Waals surface area contributed by atoms with Gasteiger partial charge in [0.2, 0.25) is 0 Å². The molecular weight excluding hydrogens is 244 g/mol. The highest BCUT2D eigenvalue weighted by atomic mass is 32.1. The molecule has 1 aromatic rings. The predicted molar refractivity (Wildman–Crippen MR) is 79.4 cm³/mol. The molecule has 1 heterocycles. The van der Waals surface area contributed by atoms with E-state index in [0.717, 1.165) is 37.9 Å². The molecule has 0 saturated heterocycles. The first-order chi connectivity index (χ1) is 8.60. The van der Waals surface area contributed by atoms with E-state index in [2.05, 4.69) is 13.8 Å². The summed E-state index contributed by atoms with van der Waals surface area (Å²) in [6.45, 7) is 9.73. The predicted octanol–water partition coefficient (Wildman–Crippen LogP) is 3.33. The number of hydrogen-bond donors (Lipinski definition) is 1. The van der Waals surface area contributed by atoms with Crippen LogP contribution in [0.2, 0.25) is 0 Å². The maximum atomic E-state index is 12.5. The van der Waals surface area contributed by atoms with Crippen LogP contribution in [0.1, 0.15) is 54.9 Å². The molecule has 4 heteroatoms. The van der Waals surface area contributed by atoms with Crippen molar-refractivity contribution in [1.82, 2.24) is 4.90 Å². The summed E-state index contributed by atoms with van der Waals surface area (Å²) in [7, 11) is 0. The summed E-state index contributed by atoms with van der Waals surface area (Å²) in [6.07, 6.45) is 2.94. The van der Waals surface area contributed by atoms with E-state index in [1.807, 2.05) is 18.7 Å². The van der Waals surface area contributed by atoms with Crippen LogP contribution in [0.25, 0.3) is 0 Å². The van der Waals surface area contributed by atoms with E-state index in [1.54, 1.807) is 11.3 Å². The van der Waals surface area contributed by atoms with E-state index in [1.165, 1.54) is 10.4 Å². The Morgan fingerprint density at radius 2 is 1.83 bits per heavy atom. The van der Waals surface area contributed by atoms with Crippen molar-refractivity contribution in [3.63, 3.8) is 0 Å². The molecule has 0 aliphatic carbocycles. The van der Waals surface area contributed by atoms with E-state index in [9.17, 15) is 4.79 Å². The van der Waals surface area contributed by atoms with Crippen molar-refractivity contribution in [2.75, 3.05) is 18.8 Å². The second-order valence-electron chi connectivity index (χ2n) is 4.32. The Balaban J connectivity index is 3.21. The van der Waals surface area contributed by atoms with Gasteiger partial charge in [-0.15, -0.1) is 11.3 Å². The van der Waals surface area contributed by atoms with Gasteiger partial charge in [-0.2, -0.15) is 0 Å². The number of anilines is 1. The number of amides is 1. The summed E-state index contributed by atoms with van der Waals surface area (Å²) in [6, 6.07) is 0. The van der Waals surface area contributed by atoms with Crippen molar-refractivity contribution in [2.24, 2.45) is 0 Å². The van der Waals surface area contributed by atoms with E-state index in [4.69, 9.17) is 5.73 Å². The largest absolute Gasteiger partial charge is 0.390 e. The van der Waals surface area contributed by atoms with Crippen LogP contribution in [0.5, 0.6) is 0 Å². The summed E-state index contributed by atoms with van der Waals surface area (Å²) in [5.74, 6) is 0.0944. The molecule has 0 saturated carbocycles. The lowest BCUT2D eigenvalue weighted by Gasteiger charge is -2.19.